The Bertz CT molecular complexity index is 396. The number of aromatic nitrogens is 1. The first-order chi connectivity index (χ1) is 8.58. The average Bonchev–Trinajstić information content (AvgIpc) is 2.37. The predicted octanol–water partition coefficient (Wildman–Crippen LogP) is 3.15. The van der Waals surface area contributed by atoms with Crippen LogP contribution in [-0.4, -0.2) is 22.3 Å². The fourth-order valence-corrected chi connectivity index (χ4v) is 2.70. The Morgan fingerprint density at radius 2 is 2.11 bits per heavy atom. The van der Waals surface area contributed by atoms with Crippen LogP contribution in [0, 0.1) is 11.7 Å². The molecule has 1 unspecified atom stereocenters. The van der Waals surface area contributed by atoms with Gasteiger partial charge >= 0.3 is 0 Å². The molecule has 0 fully saturated rings. The highest BCUT2D eigenvalue weighted by molar-refractivity contribution is 9.09. The third-order valence-electron chi connectivity index (χ3n) is 2.98. The first-order valence-electron chi connectivity index (χ1n) is 6.11. The molecule has 1 amide bonds. The third kappa shape index (κ3) is 4.37. The lowest BCUT2D eigenvalue weighted by Crippen LogP contribution is -2.33. The maximum atomic E-state index is 12.9. The van der Waals surface area contributed by atoms with Gasteiger partial charge in [-0.2, -0.15) is 0 Å². The van der Waals surface area contributed by atoms with Crippen molar-refractivity contribution in [3.05, 3.63) is 29.8 Å². The lowest BCUT2D eigenvalue weighted by Gasteiger charge is -2.19. The summed E-state index contributed by atoms with van der Waals surface area (Å²) in [5, 5.41) is 2.78. The van der Waals surface area contributed by atoms with Gasteiger partial charge in [-0.05, 0) is 12.0 Å². The van der Waals surface area contributed by atoms with Crippen LogP contribution in [0.3, 0.4) is 0 Å². The molecular weight excluding hydrogens is 299 g/mol. The quantitative estimate of drug-likeness (QED) is 0.819. The Morgan fingerprint density at radius 1 is 1.44 bits per heavy atom. The Morgan fingerprint density at radius 3 is 2.67 bits per heavy atom. The molecule has 0 radical (unpaired) electrons. The lowest BCUT2D eigenvalue weighted by atomic mass is 9.99. The van der Waals surface area contributed by atoms with E-state index in [1.165, 1.54) is 12.3 Å². The average molecular weight is 317 g/mol. The number of hydrogen-bond acceptors (Lipinski definition) is 2. The first-order valence-corrected chi connectivity index (χ1v) is 7.02. The topological polar surface area (TPSA) is 42.0 Å². The van der Waals surface area contributed by atoms with Crippen LogP contribution in [0.4, 0.5) is 4.39 Å². The molecule has 0 bridgehead atoms. The highest BCUT2D eigenvalue weighted by Crippen LogP contribution is 2.19. The van der Waals surface area contributed by atoms with Crippen molar-refractivity contribution in [1.29, 1.82) is 0 Å². The molecule has 0 aliphatic heterocycles. The van der Waals surface area contributed by atoms with Gasteiger partial charge in [-0.3, -0.25) is 9.78 Å². The van der Waals surface area contributed by atoms with Gasteiger partial charge in [0.2, 0.25) is 0 Å². The van der Waals surface area contributed by atoms with Gasteiger partial charge in [0.15, 0.2) is 0 Å². The van der Waals surface area contributed by atoms with Crippen LogP contribution in [0.2, 0.25) is 0 Å². The predicted molar refractivity (Wildman–Crippen MR) is 73.3 cm³/mol. The molecule has 5 heteroatoms. The Balaban J connectivity index is 2.51. The van der Waals surface area contributed by atoms with Crippen molar-refractivity contribution < 1.29 is 9.18 Å². The minimum absolute atomic E-state index is 0.234. The zero-order valence-corrected chi connectivity index (χ0v) is 12.2. The van der Waals surface area contributed by atoms with E-state index in [2.05, 4.69) is 40.1 Å². The van der Waals surface area contributed by atoms with Crippen molar-refractivity contribution in [3.8, 4) is 0 Å². The van der Waals surface area contributed by atoms with Crippen LogP contribution < -0.4 is 5.32 Å². The molecule has 0 aliphatic rings. The number of carbonyl (C=O) groups excluding carboxylic acids is 1. The van der Waals surface area contributed by atoms with Crippen molar-refractivity contribution >= 4 is 21.8 Å². The summed E-state index contributed by atoms with van der Waals surface area (Å²) in [6.07, 6.45) is 4.56. The molecule has 1 N–H and O–H groups in total. The van der Waals surface area contributed by atoms with Crippen LogP contribution in [0.25, 0.3) is 0 Å². The van der Waals surface area contributed by atoms with Crippen LogP contribution in [0.15, 0.2) is 18.5 Å². The van der Waals surface area contributed by atoms with Gasteiger partial charge in [-0.15, -0.1) is 0 Å². The zero-order valence-electron chi connectivity index (χ0n) is 10.6. The Hall–Kier alpha value is -0.970. The maximum absolute atomic E-state index is 12.9. The molecule has 1 atom stereocenters. The highest BCUT2D eigenvalue weighted by Gasteiger charge is 2.16. The molecular formula is C13H18BrFN2O. The summed E-state index contributed by atoms with van der Waals surface area (Å²) in [5.41, 5.74) is 0.249. The van der Waals surface area contributed by atoms with E-state index in [0.29, 0.717) is 12.5 Å². The van der Waals surface area contributed by atoms with Crippen molar-refractivity contribution in [2.24, 2.45) is 5.92 Å². The van der Waals surface area contributed by atoms with Crippen molar-refractivity contribution in [2.75, 3.05) is 6.54 Å². The molecule has 3 nitrogen and oxygen atoms in total. The first kappa shape index (κ1) is 15.1. The van der Waals surface area contributed by atoms with Crippen LogP contribution in [0.1, 0.15) is 37.0 Å². The maximum Gasteiger partial charge on any atom is 0.252 e. The van der Waals surface area contributed by atoms with Gasteiger partial charge in [-0.1, -0.05) is 42.6 Å². The molecule has 0 aromatic carbocycles. The fraction of sp³-hybridized carbons (Fsp3) is 0.538. The number of pyridine rings is 1. The van der Waals surface area contributed by atoms with E-state index >= 15 is 0 Å². The normalized spacial score (nSPS) is 12.5. The molecule has 1 rings (SSSR count). The number of hydrogen-bond donors (Lipinski definition) is 1. The van der Waals surface area contributed by atoms with Gasteiger partial charge < -0.3 is 5.32 Å². The number of halogens is 2. The summed E-state index contributed by atoms with van der Waals surface area (Å²) in [7, 11) is 0. The van der Waals surface area contributed by atoms with E-state index in [9.17, 15) is 9.18 Å². The second kappa shape index (κ2) is 7.46. The summed E-state index contributed by atoms with van der Waals surface area (Å²) in [4.78, 5) is 15.6. The number of nitrogens with one attached hydrogen (secondary N) is 1. The number of alkyl halides is 1. The van der Waals surface area contributed by atoms with Crippen LogP contribution in [-0.2, 0) is 0 Å². The third-order valence-corrected chi connectivity index (χ3v) is 4.06. The van der Waals surface area contributed by atoms with Crippen LogP contribution >= 0.6 is 15.9 Å². The molecule has 0 aliphatic carbocycles. The minimum Gasteiger partial charge on any atom is -0.351 e. The molecule has 1 heterocycles. The number of rotatable bonds is 6. The Kier molecular flexibility index (Phi) is 6.25. The SMILES string of the molecule is CCC(CC)C(Br)CNC(=O)c1cncc(F)c1. The largest absolute Gasteiger partial charge is 0.351 e. The van der Waals surface area contributed by atoms with E-state index in [0.717, 1.165) is 19.0 Å². The number of nitrogens with zero attached hydrogens (tertiary/aromatic N) is 1. The standard InChI is InChI=1S/C13H18BrFN2O/c1-3-9(4-2)12(14)8-17-13(18)10-5-11(15)7-16-6-10/h5-7,9,12H,3-4,8H2,1-2H3,(H,17,18). The molecule has 0 saturated heterocycles. The van der Waals surface area contributed by atoms with E-state index in [1.807, 2.05) is 0 Å². The molecule has 1 aromatic heterocycles. The summed E-state index contributed by atoms with van der Waals surface area (Å²) in [6.45, 7) is 4.78. The Labute approximate surface area is 115 Å². The van der Waals surface area contributed by atoms with E-state index in [1.54, 1.807) is 0 Å². The smallest absolute Gasteiger partial charge is 0.252 e. The summed E-state index contributed by atoms with van der Waals surface area (Å²) >= 11 is 3.58. The lowest BCUT2D eigenvalue weighted by molar-refractivity contribution is 0.0951. The summed E-state index contributed by atoms with van der Waals surface area (Å²) in [5.74, 6) is -0.272. The molecule has 18 heavy (non-hydrogen) atoms. The van der Waals surface area contributed by atoms with Gasteiger partial charge in [0.05, 0.1) is 11.8 Å². The van der Waals surface area contributed by atoms with Gasteiger partial charge in [0.25, 0.3) is 5.91 Å². The minimum atomic E-state index is -0.502. The monoisotopic (exact) mass is 316 g/mol. The molecule has 0 saturated carbocycles. The summed E-state index contributed by atoms with van der Waals surface area (Å²) < 4.78 is 12.9. The molecule has 1 aromatic rings. The van der Waals surface area contributed by atoms with E-state index < -0.39 is 5.82 Å². The van der Waals surface area contributed by atoms with Crippen molar-refractivity contribution in [2.45, 2.75) is 31.5 Å². The van der Waals surface area contributed by atoms with Crippen LogP contribution in [0.5, 0.6) is 0 Å². The molecule has 100 valence electrons. The second-order valence-electron chi connectivity index (χ2n) is 4.19. The highest BCUT2D eigenvalue weighted by atomic mass is 79.9. The van der Waals surface area contributed by atoms with Gasteiger partial charge in [-0.25, -0.2) is 4.39 Å². The number of carbonyl (C=O) groups is 1. The molecule has 0 spiro atoms. The van der Waals surface area contributed by atoms with Gasteiger partial charge in [0, 0.05) is 17.6 Å². The zero-order chi connectivity index (χ0) is 13.5. The van der Waals surface area contributed by atoms with Gasteiger partial charge in [0.1, 0.15) is 5.82 Å². The summed E-state index contributed by atoms with van der Waals surface area (Å²) in [6, 6.07) is 1.18. The van der Waals surface area contributed by atoms with Crippen molar-refractivity contribution in [1.82, 2.24) is 10.3 Å². The van der Waals surface area contributed by atoms with E-state index in [4.69, 9.17) is 0 Å². The second-order valence-corrected chi connectivity index (χ2v) is 5.37. The fourth-order valence-electron chi connectivity index (χ4n) is 1.80. The number of amides is 1. The van der Waals surface area contributed by atoms with Crippen molar-refractivity contribution in [3.63, 3.8) is 0 Å². The van der Waals surface area contributed by atoms with E-state index in [-0.39, 0.29) is 16.3 Å².